The van der Waals surface area contributed by atoms with Crippen LogP contribution in [0.4, 0.5) is 5.69 Å². The van der Waals surface area contributed by atoms with Crippen LogP contribution in [0, 0.1) is 13.8 Å². The number of amides is 3. The van der Waals surface area contributed by atoms with Crippen molar-refractivity contribution in [2.45, 2.75) is 26.7 Å². The van der Waals surface area contributed by atoms with E-state index in [0.29, 0.717) is 5.69 Å². The van der Waals surface area contributed by atoms with Crippen LogP contribution in [0.15, 0.2) is 54.6 Å². The third kappa shape index (κ3) is 7.15. The van der Waals surface area contributed by atoms with Gasteiger partial charge in [-0.25, -0.2) is 0 Å². The van der Waals surface area contributed by atoms with E-state index in [1.807, 2.05) is 62.4 Å². The summed E-state index contributed by atoms with van der Waals surface area (Å²) in [5.74, 6) is -1.15. The number of anilines is 1. The molecule has 0 fully saturated rings. The third-order valence-electron chi connectivity index (χ3n) is 3.92. The van der Waals surface area contributed by atoms with Crippen molar-refractivity contribution in [2.24, 2.45) is 0 Å². The Morgan fingerprint density at radius 3 is 2.26 bits per heavy atom. The SMILES string of the molecule is Cc1ccc(NC(=O)CCC(=O)NNC(=O)C=Cc2ccccc2)cc1C. The van der Waals surface area contributed by atoms with Gasteiger partial charge in [0.25, 0.3) is 5.91 Å². The van der Waals surface area contributed by atoms with Gasteiger partial charge in [-0.2, -0.15) is 0 Å². The number of hydrogen-bond donors (Lipinski definition) is 3. The third-order valence-corrected chi connectivity index (χ3v) is 3.92. The molecule has 140 valence electrons. The van der Waals surface area contributed by atoms with Crippen molar-refractivity contribution in [1.29, 1.82) is 0 Å². The molecule has 2 aromatic carbocycles. The molecule has 2 rings (SSSR count). The first-order chi connectivity index (χ1) is 12.9. The summed E-state index contributed by atoms with van der Waals surface area (Å²) in [6.45, 7) is 3.96. The van der Waals surface area contributed by atoms with Crippen LogP contribution in [0.1, 0.15) is 29.5 Å². The Labute approximate surface area is 158 Å². The summed E-state index contributed by atoms with van der Waals surface area (Å²) in [6, 6.07) is 15.0. The Kier molecular flexibility index (Phi) is 7.31. The molecule has 0 heterocycles. The van der Waals surface area contributed by atoms with E-state index in [0.717, 1.165) is 16.7 Å². The van der Waals surface area contributed by atoms with Gasteiger partial charge in [0.2, 0.25) is 11.8 Å². The van der Waals surface area contributed by atoms with Gasteiger partial charge in [-0.1, -0.05) is 36.4 Å². The van der Waals surface area contributed by atoms with Gasteiger partial charge < -0.3 is 5.32 Å². The lowest BCUT2D eigenvalue weighted by atomic mass is 10.1. The molecule has 0 aliphatic heterocycles. The first-order valence-corrected chi connectivity index (χ1v) is 8.63. The molecule has 0 radical (unpaired) electrons. The maximum atomic E-state index is 11.9. The molecule has 0 saturated carbocycles. The van der Waals surface area contributed by atoms with E-state index in [1.165, 1.54) is 6.08 Å². The summed E-state index contributed by atoms with van der Waals surface area (Å²) in [6.07, 6.45) is 2.95. The average molecular weight is 365 g/mol. The second-order valence-corrected chi connectivity index (χ2v) is 6.13. The summed E-state index contributed by atoms with van der Waals surface area (Å²) < 4.78 is 0. The average Bonchev–Trinajstić information content (AvgIpc) is 2.67. The molecule has 0 spiro atoms. The highest BCUT2D eigenvalue weighted by Gasteiger charge is 2.08. The van der Waals surface area contributed by atoms with Crippen LogP contribution in [0.3, 0.4) is 0 Å². The van der Waals surface area contributed by atoms with E-state index >= 15 is 0 Å². The second kappa shape index (κ2) is 9.91. The van der Waals surface area contributed by atoms with Gasteiger partial charge in [-0.15, -0.1) is 0 Å². The van der Waals surface area contributed by atoms with Crippen LogP contribution in [0.2, 0.25) is 0 Å². The Bertz CT molecular complexity index is 845. The van der Waals surface area contributed by atoms with Crippen molar-refractivity contribution in [2.75, 3.05) is 5.32 Å². The number of carbonyl (C=O) groups is 3. The number of hydrazine groups is 1. The van der Waals surface area contributed by atoms with Crippen LogP contribution in [-0.4, -0.2) is 17.7 Å². The maximum absolute atomic E-state index is 11.9. The summed E-state index contributed by atoms with van der Waals surface area (Å²) in [5.41, 5.74) is 8.36. The minimum Gasteiger partial charge on any atom is -0.326 e. The molecule has 0 aliphatic rings. The first-order valence-electron chi connectivity index (χ1n) is 8.63. The van der Waals surface area contributed by atoms with E-state index in [1.54, 1.807) is 6.08 Å². The van der Waals surface area contributed by atoms with E-state index in [2.05, 4.69) is 16.2 Å². The monoisotopic (exact) mass is 365 g/mol. The smallest absolute Gasteiger partial charge is 0.262 e. The highest BCUT2D eigenvalue weighted by molar-refractivity contribution is 5.95. The molecule has 3 amide bonds. The van der Waals surface area contributed by atoms with Gasteiger partial charge in [-0.05, 0) is 48.7 Å². The summed E-state index contributed by atoms with van der Waals surface area (Å²) in [7, 11) is 0. The van der Waals surface area contributed by atoms with Crippen LogP contribution < -0.4 is 16.2 Å². The minimum absolute atomic E-state index is 0.0223. The topological polar surface area (TPSA) is 87.3 Å². The predicted molar refractivity (Wildman–Crippen MR) is 106 cm³/mol. The van der Waals surface area contributed by atoms with Gasteiger partial charge >= 0.3 is 0 Å². The zero-order valence-corrected chi connectivity index (χ0v) is 15.4. The minimum atomic E-state index is -0.452. The molecule has 3 N–H and O–H groups in total. The molecule has 0 atom stereocenters. The van der Waals surface area contributed by atoms with Crippen molar-refractivity contribution < 1.29 is 14.4 Å². The van der Waals surface area contributed by atoms with Crippen molar-refractivity contribution in [3.8, 4) is 0 Å². The molecule has 0 saturated heterocycles. The van der Waals surface area contributed by atoms with Crippen LogP contribution in [0.5, 0.6) is 0 Å². The van der Waals surface area contributed by atoms with Crippen LogP contribution in [-0.2, 0) is 14.4 Å². The van der Waals surface area contributed by atoms with E-state index < -0.39 is 11.8 Å². The Morgan fingerprint density at radius 1 is 0.852 bits per heavy atom. The second-order valence-electron chi connectivity index (χ2n) is 6.13. The number of rotatable bonds is 6. The molecular formula is C21H23N3O3. The molecule has 6 heteroatoms. The fourth-order valence-corrected chi connectivity index (χ4v) is 2.24. The molecule has 2 aromatic rings. The predicted octanol–water partition coefficient (Wildman–Crippen LogP) is 2.88. The van der Waals surface area contributed by atoms with Crippen LogP contribution >= 0.6 is 0 Å². The highest BCUT2D eigenvalue weighted by Crippen LogP contribution is 2.14. The Balaban J connectivity index is 1.69. The fraction of sp³-hybridized carbons (Fsp3) is 0.190. The van der Waals surface area contributed by atoms with Crippen LogP contribution in [0.25, 0.3) is 6.08 Å². The maximum Gasteiger partial charge on any atom is 0.262 e. The number of nitrogens with one attached hydrogen (secondary N) is 3. The van der Waals surface area contributed by atoms with Crippen molar-refractivity contribution >= 4 is 29.5 Å². The van der Waals surface area contributed by atoms with Crippen molar-refractivity contribution in [3.63, 3.8) is 0 Å². The molecule has 6 nitrogen and oxygen atoms in total. The molecule has 0 aromatic heterocycles. The quantitative estimate of drug-likeness (QED) is 0.543. The normalized spacial score (nSPS) is 10.4. The molecule has 27 heavy (non-hydrogen) atoms. The van der Waals surface area contributed by atoms with Gasteiger partial charge in [-0.3, -0.25) is 25.2 Å². The van der Waals surface area contributed by atoms with E-state index in [-0.39, 0.29) is 18.7 Å². The molecule has 0 unspecified atom stereocenters. The van der Waals surface area contributed by atoms with Gasteiger partial charge in [0, 0.05) is 24.6 Å². The number of carbonyl (C=O) groups excluding carboxylic acids is 3. The highest BCUT2D eigenvalue weighted by atomic mass is 16.2. The molecule has 0 aliphatic carbocycles. The standard InChI is InChI=1S/C21H23N3O3/c1-15-8-10-18(14-16(15)2)22-19(25)12-13-21(27)24-23-20(26)11-9-17-6-4-3-5-7-17/h3-11,14H,12-13H2,1-2H3,(H,22,25)(H,23,26)(H,24,27). The largest absolute Gasteiger partial charge is 0.326 e. The summed E-state index contributed by atoms with van der Waals surface area (Å²) >= 11 is 0. The summed E-state index contributed by atoms with van der Waals surface area (Å²) in [5, 5.41) is 2.75. The first kappa shape index (κ1) is 19.9. The lowest BCUT2D eigenvalue weighted by Gasteiger charge is -2.08. The van der Waals surface area contributed by atoms with Gasteiger partial charge in [0.15, 0.2) is 0 Å². The Morgan fingerprint density at radius 2 is 1.56 bits per heavy atom. The fourth-order valence-electron chi connectivity index (χ4n) is 2.24. The van der Waals surface area contributed by atoms with E-state index in [4.69, 9.17) is 0 Å². The number of aryl methyl sites for hydroxylation is 2. The summed E-state index contributed by atoms with van der Waals surface area (Å²) in [4.78, 5) is 35.3. The zero-order chi connectivity index (χ0) is 19.6. The van der Waals surface area contributed by atoms with Crippen molar-refractivity contribution in [1.82, 2.24) is 10.9 Å². The number of benzene rings is 2. The van der Waals surface area contributed by atoms with Gasteiger partial charge in [0.1, 0.15) is 0 Å². The lowest BCUT2D eigenvalue weighted by Crippen LogP contribution is -2.41. The Hall–Kier alpha value is -3.41. The lowest BCUT2D eigenvalue weighted by molar-refractivity contribution is -0.128. The zero-order valence-electron chi connectivity index (χ0n) is 15.4. The molecule has 0 bridgehead atoms. The van der Waals surface area contributed by atoms with Gasteiger partial charge in [0.05, 0.1) is 0 Å². The van der Waals surface area contributed by atoms with Crippen molar-refractivity contribution in [3.05, 3.63) is 71.3 Å². The molecular weight excluding hydrogens is 342 g/mol. The van der Waals surface area contributed by atoms with E-state index in [9.17, 15) is 14.4 Å². The number of hydrogen-bond acceptors (Lipinski definition) is 3.